The summed E-state index contributed by atoms with van der Waals surface area (Å²) in [5.74, 6) is 0.721. The molecule has 0 unspecified atom stereocenters. The Labute approximate surface area is 164 Å². The van der Waals surface area contributed by atoms with Crippen LogP contribution in [-0.2, 0) is 24.4 Å². The van der Waals surface area contributed by atoms with Crippen molar-refractivity contribution in [2.24, 2.45) is 4.99 Å². The van der Waals surface area contributed by atoms with E-state index in [1.165, 1.54) is 6.07 Å². The summed E-state index contributed by atoms with van der Waals surface area (Å²) in [4.78, 5) is 4.16. The van der Waals surface area contributed by atoms with Crippen molar-refractivity contribution in [2.75, 3.05) is 7.05 Å². The lowest BCUT2D eigenvalue weighted by Gasteiger charge is -2.15. The van der Waals surface area contributed by atoms with Gasteiger partial charge in [-0.1, -0.05) is 42.5 Å². The maximum Gasteiger partial charge on any atom is 0.387 e. The summed E-state index contributed by atoms with van der Waals surface area (Å²) < 4.78 is 35.1. The van der Waals surface area contributed by atoms with Crippen LogP contribution in [0.15, 0.2) is 53.5 Å². The smallest absolute Gasteiger partial charge is 0.387 e. The number of para-hydroxylation sites is 1. The molecule has 2 aromatic carbocycles. The topological polar surface area (TPSA) is 54.9 Å². The molecular formula is C21H27F2N3O2. The Morgan fingerprint density at radius 2 is 1.61 bits per heavy atom. The minimum atomic E-state index is -2.85. The van der Waals surface area contributed by atoms with E-state index in [-0.39, 0.29) is 11.9 Å². The Kier molecular flexibility index (Phi) is 8.68. The molecule has 5 nitrogen and oxygen atoms in total. The number of hydrogen-bond donors (Lipinski definition) is 2. The van der Waals surface area contributed by atoms with Crippen LogP contribution in [0.5, 0.6) is 5.75 Å². The summed E-state index contributed by atoms with van der Waals surface area (Å²) in [6, 6.07) is 14.8. The highest BCUT2D eigenvalue weighted by Crippen LogP contribution is 2.19. The number of nitrogens with one attached hydrogen (secondary N) is 2. The van der Waals surface area contributed by atoms with E-state index in [0.717, 1.165) is 11.1 Å². The Morgan fingerprint density at radius 1 is 0.964 bits per heavy atom. The predicted molar refractivity (Wildman–Crippen MR) is 106 cm³/mol. The van der Waals surface area contributed by atoms with E-state index in [1.807, 2.05) is 38.1 Å². The van der Waals surface area contributed by atoms with Gasteiger partial charge in [0.05, 0.1) is 12.7 Å². The van der Waals surface area contributed by atoms with Crippen molar-refractivity contribution in [3.05, 3.63) is 65.2 Å². The second-order valence-corrected chi connectivity index (χ2v) is 6.44. The van der Waals surface area contributed by atoms with Crippen LogP contribution in [0.2, 0.25) is 0 Å². The number of rotatable bonds is 9. The van der Waals surface area contributed by atoms with E-state index in [2.05, 4.69) is 20.4 Å². The zero-order chi connectivity index (χ0) is 20.4. The molecule has 0 atom stereocenters. The first kappa shape index (κ1) is 21.6. The standard InChI is InChI=1S/C21H27F2N3O2/c1-15(2)27-14-17-10-8-16(9-11-17)12-25-21(24-3)26-13-18-6-4-5-7-19(18)28-20(22)23/h4-11,15,20H,12-14H2,1-3H3,(H2,24,25,26). The van der Waals surface area contributed by atoms with Crippen LogP contribution in [0.3, 0.4) is 0 Å². The lowest BCUT2D eigenvalue weighted by Crippen LogP contribution is -2.36. The van der Waals surface area contributed by atoms with Crippen molar-refractivity contribution in [1.29, 1.82) is 0 Å². The molecule has 2 N–H and O–H groups in total. The zero-order valence-corrected chi connectivity index (χ0v) is 16.4. The number of ether oxygens (including phenoxy) is 2. The van der Waals surface area contributed by atoms with E-state index in [0.29, 0.717) is 31.2 Å². The number of halogens is 2. The van der Waals surface area contributed by atoms with Crippen molar-refractivity contribution in [3.8, 4) is 5.75 Å². The molecular weight excluding hydrogens is 364 g/mol. The van der Waals surface area contributed by atoms with Crippen LogP contribution >= 0.6 is 0 Å². The van der Waals surface area contributed by atoms with Gasteiger partial charge in [-0.2, -0.15) is 8.78 Å². The largest absolute Gasteiger partial charge is 0.434 e. The van der Waals surface area contributed by atoms with Gasteiger partial charge in [0.1, 0.15) is 5.75 Å². The molecule has 28 heavy (non-hydrogen) atoms. The average molecular weight is 391 g/mol. The molecule has 0 radical (unpaired) electrons. The molecule has 0 aliphatic rings. The maximum absolute atomic E-state index is 12.5. The molecule has 0 fully saturated rings. The third-order valence-electron chi connectivity index (χ3n) is 3.92. The van der Waals surface area contributed by atoms with Gasteiger partial charge in [-0.3, -0.25) is 4.99 Å². The number of guanidine groups is 1. The molecule has 0 bridgehead atoms. The third-order valence-corrected chi connectivity index (χ3v) is 3.92. The number of aliphatic imine (C=N–C) groups is 1. The van der Waals surface area contributed by atoms with Crippen molar-refractivity contribution in [1.82, 2.24) is 10.6 Å². The lowest BCUT2D eigenvalue weighted by atomic mass is 10.1. The van der Waals surface area contributed by atoms with E-state index in [1.54, 1.807) is 25.2 Å². The van der Waals surface area contributed by atoms with E-state index >= 15 is 0 Å². The summed E-state index contributed by atoms with van der Waals surface area (Å²) in [6.07, 6.45) is 0.201. The monoisotopic (exact) mass is 391 g/mol. The fraction of sp³-hybridized carbons (Fsp3) is 0.381. The summed E-state index contributed by atoms with van der Waals surface area (Å²) in [5, 5.41) is 6.31. The Balaban J connectivity index is 1.85. The van der Waals surface area contributed by atoms with Gasteiger partial charge < -0.3 is 20.1 Å². The first-order valence-corrected chi connectivity index (χ1v) is 9.14. The fourth-order valence-electron chi connectivity index (χ4n) is 2.46. The van der Waals surface area contributed by atoms with E-state index < -0.39 is 6.61 Å². The molecule has 0 amide bonds. The molecule has 2 aromatic rings. The third kappa shape index (κ3) is 7.52. The van der Waals surface area contributed by atoms with Crippen LogP contribution in [-0.4, -0.2) is 25.7 Å². The molecule has 7 heteroatoms. The van der Waals surface area contributed by atoms with Crippen molar-refractivity contribution < 1.29 is 18.3 Å². The molecule has 0 aliphatic heterocycles. The first-order chi connectivity index (χ1) is 13.5. The van der Waals surface area contributed by atoms with Gasteiger partial charge in [0, 0.05) is 25.7 Å². The van der Waals surface area contributed by atoms with Crippen LogP contribution in [0, 0.1) is 0 Å². The van der Waals surface area contributed by atoms with E-state index in [4.69, 9.17) is 4.74 Å². The first-order valence-electron chi connectivity index (χ1n) is 9.14. The van der Waals surface area contributed by atoms with Gasteiger partial charge in [0.15, 0.2) is 5.96 Å². The molecule has 0 aliphatic carbocycles. The number of benzene rings is 2. The average Bonchev–Trinajstić information content (AvgIpc) is 2.68. The van der Waals surface area contributed by atoms with Gasteiger partial charge in [-0.25, -0.2) is 0 Å². The summed E-state index contributed by atoms with van der Waals surface area (Å²) in [5.41, 5.74) is 2.84. The summed E-state index contributed by atoms with van der Waals surface area (Å²) in [6.45, 7) is 2.65. The predicted octanol–water partition coefficient (Wildman–Crippen LogP) is 4.08. The SMILES string of the molecule is CN=C(NCc1ccc(COC(C)C)cc1)NCc1ccccc1OC(F)F. The minimum Gasteiger partial charge on any atom is -0.434 e. The summed E-state index contributed by atoms with van der Waals surface area (Å²) >= 11 is 0. The molecule has 2 rings (SSSR count). The quantitative estimate of drug-likeness (QED) is 0.500. The lowest BCUT2D eigenvalue weighted by molar-refractivity contribution is -0.0504. The van der Waals surface area contributed by atoms with Crippen molar-refractivity contribution >= 4 is 5.96 Å². The highest BCUT2D eigenvalue weighted by atomic mass is 19.3. The Hall–Kier alpha value is -2.67. The second-order valence-electron chi connectivity index (χ2n) is 6.44. The van der Waals surface area contributed by atoms with Crippen LogP contribution < -0.4 is 15.4 Å². The molecule has 0 saturated carbocycles. The van der Waals surface area contributed by atoms with Gasteiger partial charge in [-0.05, 0) is 31.0 Å². The van der Waals surface area contributed by atoms with Gasteiger partial charge in [0.25, 0.3) is 0 Å². The Morgan fingerprint density at radius 3 is 2.25 bits per heavy atom. The van der Waals surface area contributed by atoms with E-state index in [9.17, 15) is 8.78 Å². The maximum atomic E-state index is 12.5. The van der Waals surface area contributed by atoms with Crippen LogP contribution in [0.1, 0.15) is 30.5 Å². The van der Waals surface area contributed by atoms with Crippen molar-refractivity contribution in [2.45, 2.75) is 46.3 Å². The van der Waals surface area contributed by atoms with Gasteiger partial charge in [0.2, 0.25) is 0 Å². The molecule has 0 spiro atoms. The van der Waals surface area contributed by atoms with Crippen LogP contribution in [0.4, 0.5) is 8.78 Å². The van der Waals surface area contributed by atoms with Gasteiger partial charge >= 0.3 is 6.61 Å². The van der Waals surface area contributed by atoms with Crippen LogP contribution in [0.25, 0.3) is 0 Å². The number of nitrogens with zero attached hydrogens (tertiary/aromatic N) is 1. The second kappa shape index (κ2) is 11.2. The highest BCUT2D eigenvalue weighted by molar-refractivity contribution is 5.79. The number of hydrogen-bond acceptors (Lipinski definition) is 3. The normalized spacial score (nSPS) is 11.8. The fourth-order valence-corrected chi connectivity index (χ4v) is 2.46. The minimum absolute atomic E-state index is 0.152. The number of alkyl halides is 2. The molecule has 0 heterocycles. The molecule has 0 aromatic heterocycles. The molecule has 0 saturated heterocycles. The Bertz CT molecular complexity index is 750. The zero-order valence-electron chi connectivity index (χ0n) is 16.4. The highest BCUT2D eigenvalue weighted by Gasteiger charge is 2.09. The molecule has 152 valence electrons. The van der Waals surface area contributed by atoms with Crippen molar-refractivity contribution in [3.63, 3.8) is 0 Å². The van der Waals surface area contributed by atoms with Gasteiger partial charge in [-0.15, -0.1) is 0 Å². The summed E-state index contributed by atoms with van der Waals surface area (Å²) in [7, 11) is 1.66.